The average Bonchev–Trinajstić information content (AvgIpc) is 2.25. The van der Waals surface area contributed by atoms with Crippen molar-refractivity contribution in [3.8, 4) is 0 Å². The number of hydrogen-bond acceptors (Lipinski definition) is 4. The van der Waals surface area contributed by atoms with Crippen molar-refractivity contribution in [3.05, 3.63) is 30.1 Å². The molecule has 0 spiro atoms. The SMILES string of the molecule is NC(=O)C(NC(=O)c1ccncc1)C(N)=S. The smallest absolute Gasteiger partial charge is 0.252 e. The summed E-state index contributed by atoms with van der Waals surface area (Å²) in [6, 6.07) is 1.84. The Morgan fingerprint density at radius 2 is 1.88 bits per heavy atom. The molecule has 84 valence electrons. The fraction of sp³-hybridized carbons (Fsp3) is 0.111. The van der Waals surface area contributed by atoms with Crippen molar-refractivity contribution in [1.29, 1.82) is 0 Å². The van der Waals surface area contributed by atoms with Gasteiger partial charge in [0.15, 0.2) is 6.04 Å². The lowest BCUT2D eigenvalue weighted by Crippen LogP contribution is -2.51. The Bertz CT molecular complexity index is 407. The van der Waals surface area contributed by atoms with Crippen LogP contribution in [0.5, 0.6) is 0 Å². The second kappa shape index (κ2) is 5.17. The van der Waals surface area contributed by atoms with Crippen LogP contribution in [0, 0.1) is 0 Å². The highest BCUT2D eigenvalue weighted by molar-refractivity contribution is 7.80. The molecule has 0 radical (unpaired) electrons. The first-order valence-corrected chi connectivity index (χ1v) is 4.72. The van der Waals surface area contributed by atoms with Gasteiger partial charge in [-0.3, -0.25) is 14.6 Å². The number of rotatable bonds is 4. The quantitative estimate of drug-likeness (QED) is 0.580. The Balaban J connectivity index is 2.77. The number of hydrogen-bond donors (Lipinski definition) is 3. The van der Waals surface area contributed by atoms with Gasteiger partial charge in [0.2, 0.25) is 5.91 Å². The Hall–Kier alpha value is -2.02. The van der Waals surface area contributed by atoms with E-state index >= 15 is 0 Å². The van der Waals surface area contributed by atoms with E-state index in [2.05, 4.69) is 22.5 Å². The van der Waals surface area contributed by atoms with E-state index in [0.717, 1.165) is 0 Å². The number of amides is 2. The molecular formula is C9H10N4O2S. The highest BCUT2D eigenvalue weighted by Crippen LogP contribution is 1.97. The summed E-state index contributed by atoms with van der Waals surface area (Å²) >= 11 is 4.61. The van der Waals surface area contributed by atoms with Gasteiger partial charge in [-0.25, -0.2) is 0 Å². The van der Waals surface area contributed by atoms with Crippen LogP contribution in [0.1, 0.15) is 10.4 Å². The van der Waals surface area contributed by atoms with Gasteiger partial charge in [0.1, 0.15) is 4.99 Å². The van der Waals surface area contributed by atoms with E-state index in [9.17, 15) is 9.59 Å². The molecule has 1 unspecified atom stereocenters. The van der Waals surface area contributed by atoms with Crippen LogP contribution in [0.4, 0.5) is 0 Å². The molecule has 6 nitrogen and oxygen atoms in total. The molecule has 0 aromatic carbocycles. The number of thiocarbonyl (C=S) groups is 1. The third-order valence-corrected chi connectivity index (χ3v) is 2.02. The molecule has 0 fully saturated rings. The van der Waals surface area contributed by atoms with Crippen molar-refractivity contribution in [2.75, 3.05) is 0 Å². The van der Waals surface area contributed by atoms with Gasteiger partial charge in [-0.2, -0.15) is 0 Å². The maximum Gasteiger partial charge on any atom is 0.252 e. The van der Waals surface area contributed by atoms with Crippen molar-refractivity contribution in [2.45, 2.75) is 6.04 Å². The summed E-state index contributed by atoms with van der Waals surface area (Å²) < 4.78 is 0. The fourth-order valence-corrected chi connectivity index (χ4v) is 1.18. The van der Waals surface area contributed by atoms with Crippen LogP contribution in [0.3, 0.4) is 0 Å². The van der Waals surface area contributed by atoms with Crippen LogP contribution in [0.15, 0.2) is 24.5 Å². The van der Waals surface area contributed by atoms with E-state index in [-0.39, 0.29) is 4.99 Å². The summed E-state index contributed by atoms with van der Waals surface area (Å²) in [5, 5.41) is 2.32. The third-order valence-electron chi connectivity index (χ3n) is 1.79. The molecule has 1 heterocycles. The highest BCUT2D eigenvalue weighted by Gasteiger charge is 2.21. The van der Waals surface area contributed by atoms with Gasteiger partial charge in [-0.1, -0.05) is 12.2 Å². The van der Waals surface area contributed by atoms with Gasteiger partial charge in [0.25, 0.3) is 5.91 Å². The first-order valence-electron chi connectivity index (χ1n) is 4.32. The zero-order valence-electron chi connectivity index (χ0n) is 8.21. The minimum atomic E-state index is -1.14. The van der Waals surface area contributed by atoms with Crippen LogP contribution in [0.25, 0.3) is 0 Å². The number of aromatic nitrogens is 1. The Kier molecular flexibility index (Phi) is 3.90. The first-order chi connectivity index (χ1) is 7.52. The van der Waals surface area contributed by atoms with Crippen LogP contribution in [0.2, 0.25) is 0 Å². The van der Waals surface area contributed by atoms with E-state index in [1.165, 1.54) is 24.5 Å². The molecule has 7 heteroatoms. The summed E-state index contributed by atoms with van der Waals surface area (Å²) in [5.74, 6) is -1.28. The predicted molar refractivity (Wildman–Crippen MR) is 61.5 cm³/mol. The summed E-state index contributed by atoms with van der Waals surface area (Å²) in [7, 11) is 0. The first kappa shape index (κ1) is 12.1. The molecule has 1 atom stereocenters. The molecule has 1 rings (SSSR count). The standard InChI is InChI=1S/C9H10N4O2S/c10-7(14)6(8(11)16)13-9(15)5-1-3-12-4-2-5/h1-4,6H,(H2,10,14)(H2,11,16)(H,13,15). The molecule has 0 aliphatic carbocycles. The second-order valence-electron chi connectivity index (χ2n) is 2.95. The normalized spacial score (nSPS) is 11.5. The van der Waals surface area contributed by atoms with Crippen molar-refractivity contribution in [3.63, 3.8) is 0 Å². The molecule has 0 saturated heterocycles. The number of nitrogens with one attached hydrogen (secondary N) is 1. The van der Waals surface area contributed by atoms with Gasteiger partial charge in [0.05, 0.1) is 0 Å². The van der Waals surface area contributed by atoms with Gasteiger partial charge in [-0.15, -0.1) is 0 Å². The zero-order valence-corrected chi connectivity index (χ0v) is 9.03. The largest absolute Gasteiger partial charge is 0.391 e. The van der Waals surface area contributed by atoms with Crippen LogP contribution in [-0.2, 0) is 4.79 Å². The second-order valence-corrected chi connectivity index (χ2v) is 3.42. The van der Waals surface area contributed by atoms with Gasteiger partial charge >= 0.3 is 0 Å². The minimum Gasteiger partial charge on any atom is -0.391 e. The summed E-state index contributed by atoms with van der Waals surface area (Å²) in [6.45, 7) is 0. The zero-order chi connectivity index (χ0) is 12.1. The minimum absolute atomic E-state index is 0.171. The molecule has 5 N–H and O–H groups in total. The average molecular weight is 238 g/mol. The number of primary amides is 1. The van der Waals surface area contributed by atoms with Crippen molar-refractivity contribution >= 4 is 29.0 Å². The predicted octanol–water partition coefficient (Wildman–Crippen LogP) is -1.05. The molecular weight excluding hydrogens is 228 g/mol. The number of pyridine rings is 1. The van der Waals surface area contributed by atoms with Gasteiger partial charge in [0, 0.05) is 18.0 Å². The Labute approximate surface area is 97.0 Å². The maximum absolute atomic E-state index is 11.6. The van der Waals surface area contributed by atoms with E-state index in [0.29, 0.717) is 5.56 Å². The summed E-state index contributed by atoms with van der Waals surface area (Å²) in [5.41, 5.74) is 10.6. The number of carbonyl (C=O) groups excluding carboxylic acids is 2. The molecule has 2 amide bonds. The number of nitrogens with two attached hydrogens (primary N) is 2. The molecule has 0 aliphatic heterocycles. The van der Waals surface area contributed by atoms with E-state index in [1.807, 2.05) is 0 Å². The lowest BCUT2D eigenvalue weighted by molar-refractivity contribution is -0.118. The monoisotopic (exact) mass is 238 g/mol. The van der Waals surface area contributed by atoms with E-state index in [1.54, 1.807) is 0 Å². The Morgan fingerprint density at radius 1 is 1.31 bits per heavy atom. The molecule has 1 aromatic rings. The van der Waals surface area contributed by atoms with Crippen LogP contribution in [-0.4, -0.2) is 27.8 Å². The lowest BCUT2D eigenvalue weighted by Gasteiger charge is -2.13. The highest BCUT2D eigenvalue weighted by atomic mass is 32.1. The Morgan fingerprint density at radius 3 is 2.31 bits per heavy atom. The molecule has 16 heavy (non-hydrogen) atoms. The maximum atomic E-state index is 11.6. The number of carbonyl (C=O) groups is 2. The molecule has 1 aromatic heterocycles. The lowest BCUT2D eigenvalue weighted by atomic mass is 10.2. The molecule has 0 aliphatic rings. The molecule has 0 bridgehead atoms. The number of nitrogens with zero attached hydrogens (tertiary/aromatic N) is 1. The van der Waals surface area contributed by atoms with E-state index < -0.39 is 17.9 Å². The van der Waals surface area contributed by atoms with Crippen molar-refractivity contribution in [1.82, 2.24) is 10.3 Å². The summed E-state index contributed by atoms with van der Waals surface area (Å²) in [6.07, 6.45) is 2.91. The van der Waals surface area contributed by atoms with Crippen LogP contribution < -0.4 is 16.8 Å². The van der Waals surface area contributed by atoms with Crippen molar-refractivity contribution in [2.24, 2.45) is 11.5 Å². The molecule has 0 saturated carbocycles. The van der Waals surface area contributed by atoms with Crippen LogP contribution >= 0.6 is 12.2 Å². The van der Waals surface area contributed by atoms with E-state index in [4.69, 9.17) is 11.5 Å². The van der Waals surface area contributed by atoms with Crippen molar-refractivity contribution < 1.29 is 9.59 Å². The topological polar surface area (TPSA) is 111 Å². The van der Waals surface area contributed by atoms with Gasteiger partial charge < -0.3 is 16.8 Å². The summed E-state index contributed by atoms with van der Waals surface area (Å²) in [4.78, 5) is 26.1. The fourth-order valence-electron chi connectivity index (χ4n) is 1.00. The third kappa shape index (κ3) is 2.99. The van der Waals surface area contributed by atoms with Gasteiger partial charge in [-0.05, 0) is 12.1 Å².